The predicted octanol–water partition coefficient (Wildman–Crippen LogP) is 7.78. The molecule has 2 heteroatoms. The first kappa shape index (κ1) is 24.9. The molecular weight excluding hydrogens is 320 g/mol. The number of allylic oxidation sites excluding steroid dienone is 2. The number of hydrogen-bond acceptors (Lipinski definition) is 2. The molecule has 0 fully saturated rings. The van der Waals surface area contributed by atoms with E-state index in [1.165, 1.54) is 64.2 Å². The molecule has 0 aromatic heterocycles. The van der Waals surface area contributed by atoms with E-state index < -0.39 is 0 Å². The molecule has 0 amide bonds. The third kappa shape index (κ3) is 17.8. The van der Waals surface area contributed by atoms with E-state index in [1.807, 2.05) is 12.2 Å². The highest BCUT2D eigenvalue weighted by Gasteiger charge is 2.15. The van der Waals surface area contributed by atoms with Crippen LogP contribution in [-0.4, -0.2) is 12.1 Å². The van der Waals surface area contributed by atoms with Crippen molar-refractivity contribution >= 4 is 5.97 Å². The Hall–Kier alpha value is -1.05. The zero-order valence-corrected chi connectivity index (χ0v) is 17.6. The SMILES string of the molecule is C=CCCCCCCCC(CCCCCCCC=C)OC(=O)CC(C)C. The Balaban J connectivity index is 3.98. The first-order valence-corrected chi connectivity index (χ1v) is 11.0. The van der Waals surface area contributed by atoms with E-state index in [9.17, 15) is 4.79 Å². The summed E-state index contributed by atoms with van der Waals surface area (Å²) in [5.74, 6) is 0.361. The van der Waals surface area contributed by atoms with Crippen molar-refractivity contribution in [3.05, 3.63) is 25.3 Å². The topological polar surface area (TPSA) is 26.3 Å². The van der Waals surface area contributed by atoms with Gasteiger partial charge in [0.25, 0.3) is 0 Å². The van der Waals surface area contributed by atoms with Gasteiger partial charge in [0.15, 0.2) is 0 Å². The quantitative estimate of drug-likeness (QED) is 0.133. The molecule has 0 saturated heterocycles. The fraction of sp³-hybridized carbons (Fsp3) is 0.792. The van der Waals surface area contributed by atoms with E-state index in [0.29, 0.717) is 12.3 Å². The normalized spacial score (nSPS) is 11.1. The lowest BCUT2D eigenvalue weighted by atomic mass is 10.0. The summed E-state index contributed by atoms with van der Waals surface area (Å²) in [5.41, 5.74) is 0. The molecule has 26 heavy (non-hydrogen) atoms. The maximum Gasteiger partial charge on any atom is 0.306 e. The number of ether oxygens (including phenoxy) is 1. The van der Waals surface area contributed by atoms with Gasteiger partial charge in [-0.3, -0.25) is 4.79 Å². The van der Waals surface area contributed by atoms with Crippen molar-refractivity contribution in [1.82, 2.24) is 0 Å². The van der Waals surface area contributed by atoms with Crippen LogP contribution in [0.25, 0.3) is 0 Å². The van der Waals surface area contributed by atoms with Gasteiger partial charge in [0.2, 0.25) is 0 Å². The molecule has 0 spiro atoms. The van der Waals surface area contributed by atoms with Crippen LogP contribution in [0.15, 0.2) is 25.3 Å². The molecule has 0 rings (SSSR count). The maximum absolute atomic E-state index is 12.0. The van der Waals surface area contributed by atoms with Gasteiger partial charge < -0.3 is 4.74 Å². The summed E-state index contributed by atoms with van der Waals surface area (Å²) in [6, 6.07) is 0. The highest BCUT2D eigenvalue weighted by molar-refractivity contribution is 5.69. The van der Waals surface area contributed by atoms with Crippen molar-refractivity contribution in [2.75, 3.05) is 0 Å². The molecule has 0 aliphatic heterocycles. The van der Waals surface area contributed by atoms with Gasteiger partial charge in [-0.25, -0.2) is 0 Å². The van der Waals surface area contributed by atoms with E-state index in [4.69, 9.17) is 4.74 Å². The van der Waals surface area contributed by atoms with Crippen molar-refractivity contribution < 1.29 is 9.53 Å². The molecule has 0 aliphatic carbocycles. The van der Waals surface area contributed by atoms with Gasteiger partial charge in [-0.2, -0.15) is 0 Å². The molecule has 0 aromatic rings. The lowest BCUT2D eigenvalue weighted by Gasteiger charge is -2.19. The van der Waals surface area contributed by atoms with Crippen LogP contribution in [0, 0.1) is 5.92 Å². The van der Waals surface area contributed by atoms with Crippen LogP contribution in [0.3, 0.4) is 0 Å². The third-order valence-corrected chi connectivity index (χ3v) is 4.74. The van der Waals surface area contributed by atoms with Gasteiger partial charge in [0.1, 0.15) is 6.10 Å². The minimum absolute atomic E-state index is 0.0121. The van der Waals surface area contributed by atoms with Crippen molar-refractivity contribution in [1.29, 1.82) is 0 Å². The second-order valence-electron chi connectivity index (χ2n) is 7.98. The summed E-state index contributed by atoms with van der Waals surface area (Å²) in [4.78, 5) is 12.0. The molecule has 0 atom stereocenters. The van der Waals surface area contributed by atoms with Gasteiger partial charge in [0, 0.05) is 6.42 Å². The van der Waals surface area contributed by atoms with Gasteiger partial charge in [0.05, 0.1) is 0 Å². The Morgan fingerprint density at radius 1 is 0.769 bits per heavy atom. The number of carbonyl (C=O) groups excluding carboxylic acids is 1. The monoisotopic (exact) mass is 364 g/mol. The van der Waals surface area contributed by atoms with Crippen molar-refractivity contribution in [3.8, 4) is 0 Å². The van der Waals surface area contributed by atoms with Crippen LogP contribution in [0.2, 0.25) is 0 Å². The Morgan fingerprint density at radius 2 is 1.19 bits per heavy atom. The molecule has 0 bridgehead atoms. The van der Waals surface area contributed by atoms with Crippen molar-refractivity contribution in [3.63, 3.8) is 0 Å². The molecule has 0 aromatic carbocycles. The van der Waals surface area contributed by atoms with Crippen molar-refractivity contribution in [2.24, 2.45) is 5.92 Å². The molecule has 0 radical (unpaired) electrons. The fourth-order valence-corrected chi connectivity index (χ4v) is 3.21. The number of rotatable bonds is 19. The van der Waals surface area contributed by atoms with Crippen LogP contribution in [0.5, 0.6) is 0 Å². The van der Waals surface area contributed by atoms with E-state index >= 15 is 0 Å². The van der Waals surface area contributed by atoms with E-state index in [-0.39, 0.29) is 12.1 Å². The summed E-state index contributed by atoms with van der Waals surface area (Å²) in [7, 11) is 0. The van der Waals surface area contributed by atoms with Crippen LogP contribution in [0.1, 0.15) is 110 Å². The Morgan fingerprint density at radius 3 is 1.62 bits per heavy atom. The zero-order valence-electron chi connectivity index (χ0n) is 17.6. The highest BCUT2D eigenvalue weighted by atomic mass is 16.5. The first-order valence-electron chi connectivity index (χ1n) is 11.0. The van der Waals surface area contributed by atoms with Crippen LogP contribution in [-0.2, 0) is 9.53 Å². The largest absolute Gasteiger partial charge is 0.462 e. The lowest BCUT2D eigenvalue weighted by molar-refractivity contribution is -0.150. The highest BCUT2D eigenvalue weighted by Crippen LogP contribution is 2.18. The average Bonchev–Trinajstić information content (AvgIpc) is 2.59. The fourth-order valence-electron chi connectivity index (χ4n) is 3.21. The summed E-state index contributed by atoms with van der Waals surface area (Å²) >= 11 is 0. The first-order chi connectivity index (χ1) is 12.6. The molecule has 0 aliphatic rings. The second-order valence-corrected chi connectivity index (χ2v) is 7.98. The molecular formula is C24H44O2. The number of hydrogen-bond donors (Lipinski definition) is 0. The van der Waals surface area contributed by atoms with E-state index in [1.54, 1.807) is 0 Å². The van der Waals surface area contributed by atoms with Crippen molar-refractivity contribution in [2.45, 2.75) is 116 Å². The summed E-state index contributed by atoms with van der Waals surface area (Å²) in [6.07, 6.45) is 21.5. The van der Waals surface area contributed by atoms with Gasteiger partial charge in [-0.1, -0.05) is 64.5 Å². The number of carbonyl (C=O) groups is 1. The predicted molar refractivity (Wildman–Crippen MR) is 114 cm³/mol. The molecule has 0 heterocycles. The van der Waals surface area contributed by atoms with Crippen LogP contribution < -0.4 is 0 Å². The Labute approximate surface area is 163 Å². The minimum atomic E-state index is -0.0121. The van der Waals surface area contributed by atoms with Crippen LogP contribution >= 0.6 is 0 Å². The van der Waals surface area contributed by atoms with Gasteiger partial charge in [-0.05, 0) is 57.3 Å². The molecule has 2 nitrogen and oxygen atoms in total. The molecule has 152 valence electrons. The maximum atomic E-state index is 12.0. The second kappa shape index (κ2) is 18.7. The molecule has 0 unspecified atom stereocenters. The Bertz CT molecular complexity index is 324. The molecule has 0 N–H and O–H groups in total. The number of esters is 1. The van der Waals surface area contributed by atoms with E-state index in [2.05, 4.69) is 27.0 Å². The van der Waals surface area contributed by atoms with E-state index in [0.717, 1.165) is 25.7 Å². The average molecular weight is 365 g/mol. The zero-order chi connectivity index (χ0) is 19.5. The Kier molecular flexibility index (Phi) is 18.0. The van der Waals surface area contributed by atoms with Gasteiger partial charge in [-0.15, -0.1) is 13.2 Å². The lowest BCUT2D eigenvalue weighted by Crippen LogP contribution is -2.19. The summed E-state index contributed by atoms with van der Waals surface area (Å²) < 4.78 is 5.79. The molecule has 0 saturated carbocycles. The summed E-state index contributed by atoms with van der Waals surface area (Å²) in [6.45, 7) is 11.7. The van der Waals surface area contributed by atoms with Gasteiger partial charge >= 0.3 is 5.97 Å². The smallest absolute Gasteiger partial charge is 0.306 e. The van der Waals surface area contributed by atoms with Crippen LogP contribution in [0.4, 0.5) is 0 Å². The standard InChI is InChI=1S/C24H44O2/c1-5-7-9-11-13-15-17-19-23(26-24(25)21-22(3)4)20-18-16-14-12-10-8-6-2/h5-6,22-23H,1-2,7-21H2,3-4H3. The third-order valence-electron chi connectivity index (χ3n) is 4.74. The minimum Gasteiger partial charge on any atom is -0.462 e. The number of unbranched alkanes of at least 4 members (excludes halogenated alkanes) is 10. The summed E-state index contributed by atoms with van der Waals surface area (Å²) in [5, 5.41) is 0.